The van der Waals surface area contributed by atoms with Crippen molar-refractivity contribution in [2.24, 2.45) is 0 Å². The monoisotopic (exact) mass is 429 g/mol. The van der Waals surface area contributed by atoms with Gasteiger partial charge in [0.25, 0.3) is 0 Å². The van der Waals surface area contributed by atoms with Crippen LogP contribution in [0.5, 0.6) is 11.5 Å². The van der Waals surface area contributed by atoms with E-state index in [-0.39, 0.29) is 12.1 Å². The molecule has 2 aromatic carbocycles. The number of nitrogens with one attached hydrogen (secondary N) is 1. The van der Waals surface area contributed by atoms with Gasteiger partial charge in [-0.2, -0.15) is 0 Å². The molecule has 0 saturated heterocycles. The molecule has 3 nitrogen and oxygen atoms in total. The Morgan fingerprint density at radius 1 is 0.926 bits per heavy atom. The van der Waals surface area contributed by atoms with E-state index in [0.29, 0.717) is 39.7 Å². The van der Waals surface area contributed by atoms with Crippen molar-refractivity contribution in [2.75, 3.05) is 6.61 Å². The smallest absolute Gasteiger partial charge is 0.163 e. The molecule has 0 aromatic heterocycles. The van der Waals surface area contributed by atoms with Crippen molar-refractivity contribution in [3.8, 4) is 11.5 Å². The number of hydrogen-bond acceptors (Lipinski definition) is 3. The first-order valence-corrected chi connectivity index (χ1v) is 10.2. The number of ether oxygens (including phenoxy) is 2. The Morgan fingerprint density at radius 3 is 2.15 bits per heavy atom. The Kier molecular flexibility index (Phi) is 8.11. The molecule has 0 bridgehead atoms. The second-order valence-electron chi connectivity index (χ2n) is 6.90. The first-order valence-electron chi connectivity index (χ1n) is 9.03. The van der Waals surface area contributed by atoms with Crippen LogP contribution in [0.15, 0.2) is 30.3 Å². The van der Waals surface area contributed by atoms with E-state index in [0.717, 1.165) is 17.5 Å². The molecular weight excluding hydrogens is 405 g/mol. The van der Waals surface area contributed by atoms with Crippen LogP contribution in [0.1, 0.15) is 45.2 Å². The van der Waals surface area contributed by atoms with Crippen LogP contribution in [0.2, 0.25) is 15.1 Å². The summed E-state index contributed by atoms with van der Waals surface area (Å²) in [6.45, 7) is 9.81. The molecule has 0 fully saturated rings. The fourth-order valence-corrected chi connectivity index (χ4v) is 3.10. The maximum atomic E-state index is 6.49. The van der Waals surface area contributed by atoms with Crippen LogP contribution in [0.25, 0.3) is 0 Å². The number of halogens is 3. The zero-order valence-corrected chi connectivity index (χ0v) is 18.4. The third kappa shape index (κ3) is 6.18. The second kappa shape index (κ2) is 9.88. The summed E-state index contributed by atoms with van der Waals surface area (Å²) >= 11 is 18.9. The third-order valence-corrected chi connectivity index (χ3v) is 5.55. The second-order valence-corrected chi connectivity index (χ2v) is 8.12. The van der Waals surface area contributed by atoms with Gasteiger partial charge in [-0.3, -0.25) is 0 Å². The van der Waals surface area contributed by atoms with Gasteiger partial charge in [-0.1, -0.05) is 47.8 Å². The lowest BCUT2D eigenvalue weighted by atomic mass is 10.0. The zero-order chi connectivity index (χ0) is 20.0. The number of benzene rings is 2. The van der Waals surface area contributed by atoms with Crippen LogP contribution in [0, 0.1) is 0 Å². The lowest BCUT2D eigenvalue weighted by Crippen LogP contribution is -2.37. The number of rotatable bonds is 9. The fraction of sp³-hybridized carbons (Fsp3) is 0.429. The lowest BCUT2D eigenvalue weighted by Gasteiger charge is -2.25. The molecule has 0 unspecified atom stereocenters. The summed E-state index contributed by atoms with van der Waals surface area (Å²) < 4.78 is 11.7. The predicted molar refractivity (Wildman–Crippen MR) is 115 cm³/mol. The Bertz CT molecular complexity index is 758. The van der Waals surface area contributed by atoms with E-state index in [9.17, 15) is 0 Å². The van der Waals surface area contributed by atoms with Gasteiger partial charge >= 0.3 is 0 Å². The van der Waals surface area contributed by atoms with Gasteiger partial charge in [0.15, 0.2) is 11.5 Å². The van der Waals surface area contributed by atoms with E-state index in [4.69, 9.17) is 44.3 Å². The summed E-state index contributed by atoms with van der Waals surface area (Å²) in [5, 5.41) is 5.26. The third-order valence-electron chi connectivity index (χ3n) is 4.49. The highest BCUT2D eigenvalue weighted by Crippen LogP contribution is 2.35. The van der Waals surface area contributed by atoms with E-state index < -0.39 is 0 Å². The molecule has 0 aliphatic carbocycles. The van der Waals surface area contributed by atoms with Gasteiger partial charge in [-0.15, -0.1) is 0 Å². The van der Waals surface area contributed by atoms with E-state index >= 15 is 0 Å². The minimum Gasteiger partial charge on any atom is -0.490 e. The molecule has 0 radical (unpaired) electrons. The van der Waals surface area contributed by atoms with Crippen molar-refractivity contribution in [1.29, 1.82) is 0 Å². The summed E-state index contributed by atoms with van der Waals surface area (Å²) in [5.41, 5.74) is 1.73. The summed E-state index contributed by atoms with van der Waals surface area (Å²) in [5.74, 6) is 1.22. The highest BCUT2D eigenvalue weighted by molar-refractivity contribution is 6.36. The van der Waals surface area contributed by atoms with E-state index in [1.807, 2.05) is 13.0 Å². The molecule has 2 rings (SSSR count). The summed E-state index contributed by atoms with van der Waals surface area (Å²) in [7, 11) is 0. The summed E-state index contributed by atoms with van der Waals surface area (Å²) in [4.78, 5) is 0. The average molecular weight is 431 g/mol. The molecule has 0 aliphatic heterocycles. The molecule has 0 aliphatic rings. The number of hydrogen-bond donors (Lipinski definition) is 1. The molecule has 2 aromatic rings. The molecule has 0 spiro atoms. The minimum atomic E-state index is 0.0328. The highest BCUT2D eigenvalue weighted by Gasteiger charge is 2.17. The molecule has 0 atom stereocenters. The average Bonchev–Trinajstić information content (AvgIpc) is 2.62. The van der Waals surface area contributed by atoms with E-state index in [2.05, 4.69) is 26.1 Å². The molecule has 27 heavy (non-hydrogen) atoms. The van der Waals surface area contributed by atoms with Crippen molar-refractivity contribution < 1.29 is 9.47 Å². The molecule has 6 heteroatoms. The standard InChI is InChI=1S/C21H26Cl3NO2/c1-5-21(3,4)25-12-14-10-19(26-6-2)20(11-18(14)24)27-13-15-16(22)8-7-9-17(15)23/h7-11,25H,5-6,12-13H2,1-4H3. The maximum absolute atomic E-state index is 6.49. The summed E-state index contributed by atoms with van der Waals surface area (Å²) in [6.07, 6.45) is 1.02. The lowest BCUT2D eigenvalue weighted by molar-refractivity contribution is 0.269. The van der Waals surface area contributed by atoms with Gasteiger partial charge in [0.2, 0.25) is 0 Å². The van der Waals surface area contributed by atoms with Crippen molar-refractivity contribution in [2.45, 2.75) is 52.8 Å². The Labute approximate surface area is 176 Å². The van der Waals surface area contributed by atoms with Crippen molar-refractivity contribution >= 4 is 34.8 Å². The van der Waals surface area contributed by atoms with Crippen molar-refractivity contribution in [3.63, 3.8) is 0 Å². The van der Waals surface area contributed by atoms with Gasteiger partial charge in [0.05, 0.1) is 6.61 Å². The maximum Gasteiger partial charge on any atom is 0.163 e. The quantitative estimate of drug-likeness (QED) is 0.469. The van der Waals surface area contributed by atoms with Gasteiger partial charge in [-0.25, -0.2) is 0 Å². The van der Waals surface area contributed by atoms with Gasteiger partial charge < -0.3 is 14.8 Å². The first kappa shape index (κ1) is 22.2. The van der Waals surface area contributed by atoms with Crippen LogP contribution >= 0.6 is 34.8 Å². The normalized spacial score (nSPS) is 11.5. The van der Waals surface area contributed by atoms with E-state index in [1.165, 1.54) is 0 Å². The van der Waals surface area contributed by atoms with Gasteiger partial charge in [-0.05, 0) is 51.0 Å². The van der Waals surface area contributed by atoms with E-state index in [1.54, 1.807) is 24.3 Å². The van der Waals surface area contributed by atoms with Crippen LogP contribution in [-0.4, -0.2) is 12.1 Å². The Hall–Kier alpha value is -1.13. The molecule has 0 amide bonds. The van der Waals surface area contributed by atoms with Crippen molar-refractivity contribution in [1.82, 2.24) is 5.32 Å². The van der Waals surface area contributed by atoms with Crippen LogP contribution < -0.4 is 14.8 Å². The molecule has 148 valence electrons. The highest BCUT2D eigenvalue weighted by atomic mass is 35.5. The fourth-order valence-electron chi connectivity index (χ4n) is 2.37. The SMILES string of the molecule is CCOc1cc(CNC(C)(C)CC)c(Cl)cc1OCc1c(Cl)cccc1Cl. The predicted octanol–water partition coefficient (Wildman–Crippen LogP) is 6.90. The molecular formula is C21H26Cl3NO2. The molecule has 0 heterocycles. The molecule has 1 N–H and O–H groups in total. The van der Waals surface area contributed by atoms with Gasteiger partial charge in [0, 0.05) is 38.8 Å². The minimum absolute atomic E-state index is 0.0328. The Balaban J connectivity index is 2.22. The summed E-state index contributed by atoms with van der Waals surface area (Å²) in [6, 6.07) is 9.08. The van der Waals surface area contributed by atoms with Crippen LogP contribution in [-0.2, 0) is 13.2 Å². The van der Waals surface area contributed by atoms with Crippen LogP contribution in [0.3, 0.4) is 0 Å². The first-order chi connectivity index (χ1) is 12.8. The van der Waals surface area contributed by atoms with Crippen LogP contribution in [0.4, 0.5) is 0 Å². The van der Waals surface area contributed by atoms with Gasteiger partial charge in [0.1, 0.15) is 6.61 Å². The van der Waals surface area contributed by atoms with Crippen molar-refractivity contribution in [3.05, 3.63) is 56.5 Å². The topological polar surface area (TPSA) is 30.5 Å². The Morgan fingerprint density at radius 2 is 1.56 bits per heavy atom. The molecule has 0 saturated carbocycles. The largest absolute Gasteiger partial charge is 0.490 e. The zero-order valence-electron chi connectivity index (χ0n) is 16.2.